The maximum absolute atomic E-state index is 13.1. The maximum atomic E-state index is 13.1. The number of carboxylic acid groups (broad SMARTS) is 1. The monoisotopic (exact) mass is 220 g/mol. The molecule has 0 aliphatic heterocycles. The number of halogens is 2. The number of carboxylic acids is 1. The van der Waals surface area contributed by atoms with Crippen LogP contribution in [0.15, 0.2) is 0 Å². The molecule has 5 heteroatoms. The zero-order valence-corrected chi connectivity index (χ0v) is 8.20. The van der Waals surface area contributed by atoms with E-state index < -0.39 is 23.9 Å². The summed E-state index contributed by atoms with van der Waals surface area (Å²) < 4.78 is 26.1. The van der Waals surface area contributed by atoms with Crippen molar-refractivity contribution in [3.05, 3.63) is 0 Å². The summed E-state index contributed by atoms with van der Waals surface area (Å²) in [6.07, 6.45) is 1.28. The van der Waals surface area contributed by atoms with Crippen molar-refractivity contribution in [2.24, 2.45) is 17.8 Å². The van der Waals surface area contributed by atoms with E-state index in [0.717, 1.165) is 19.3 Å². The third kappa shape index (κ3) is 1.62. The largest absolute Gasteiger partial charge is 0.477 e. The van der Waals surface area contributed by atoms with E-state index in [2.05, 4.69) is 0 Å². The van der Waals surface area contributed by atoms with Crippen LogP contribution in [0.5, 0.6) is 0 Å². The summed E-state index contributed by atoms with van der Waals surface area (Å²) in [7, 11) is 0. The molecule has 2 aliphatic rings. The summed E-state index contributed by atoms with van der Waals surface area (Å²) in [6, 6.07) is 0. The lowest BCUT2D eigenvalue weighted by Gasteiger charge is -2.29. The molecule has 15 heavy (non-hydrogen) atoms. The zero-order valence-electron chi connectivity index (χ0n) is 8.20. The Labute approximate surface area is 86.1 Å². The fourth-order valence-corrected chi connectivity index (χ4v) is 3.08. The smallest absolute Gasteiger partial charge is 0.377 e. The Morgan fingerprint density at radius 2 is 2.00 bits per heavy atom. The fourth-order valence-electron chi connectivity index (χ4n) is 3.08. The Hall–Kier alpha value is -0.710. The molecule has 3 nitrogen and oxygen atoms in total. The van der Waals surface area contributed by atoms with Crippen LogP contribution in [-0.2, 0) is 4.79 Å². The predicted molar refractivity (Wildman–Crippen MR) is 47.5 cm³/mol. The van der Waals surface area contributed by atoms with E-state index in [1.54, 1.807) is 0 Å². The molecule has 0 amide bonds. The van der Waals surface area contributed by atoms with Crippen molar-refractivity contribution < 1.29 is 23.8 Å². The van der Waals surface area contributed by atoms with Gasteiger partial charge in [0.15, 0.2) is 0 Å². The van der Waals surface area contributed by atoms with Crippen LogP contribution in [0.4, 0.5) is 8.78 Å². The van der Waals surface area contributed by atoms with Gasteiger partial charge in [0.1, 0.15) is 6.10 Å². The number of alkyl halides is 2. The number of fused-ring (bicyclic) bond motifs is 2. The van der Waals surface area contributed by atoms with Crippen LogP contribution in [0.2, 0.25) is 0 Å². The SMILES string of the molecule is O=C(O)C(F)(F)C(O)C1CC2CCC1C2. The Bertz CT molecular complexity index is 280. The molecule has 2 aliphatic carbocycles. The van der Waals surface area contributed by atoms with Gasteiger partial charge in [-0.05, 0) is 37.0 Å². The molecule has 0 aromatic rings. The van der Waals surface area contributed by atoms with E-state index in [9.17, 15) is 18.7 Å². The van der Waals surface area contributed by atoms with Crippen molar-refractivity contribution >= 4 is 5.97 Å². The maximum Gasteiger partial charge on any atom is 0.377 e. The minimum Gasteiger partial charge on any atom is -0.477 e. The number of aliphatic carboxylic acids is 1. The molecule has 2 rings (SSSR count). The Balaban J connectivity index is 2.08. The van der Waals surface area contributed by atoms with E-state index in [-0.39, 0.29) is 5.92 Å². The average molecular weight is 220 g/mol. The first-order valence-electron chi connectivity index (χ1n) is 5.22. The highest BCUT2D eigenvalue weighted by atomic mass is 19.3. The minimum absolute atomic E-state index is 0.0928. The van der Waals surface area contributed by atoms with Crippen molar-refractivity contribution in [1.82, 2.24) is 0 Å². The van der Waals surface area contributed by atoms with Gasteiger partial charge in [-0.1, -0.05) is 6.42 Å². The summed E-state index contributed by atoms with van der Waals surface area (Å²) in [5.41, 5.74) is 0. The summed E-state index contributed by atoms with van der Waals surface area (Å²) in [6.45, 7) is 0. The lowest BCUT2D eigenvalue weighted by Crippen LogP contribution is -2.47. The number of hydrogen-bond donors (Lipinski definition) is 2. The van der Waals surface area contributed by atoms with E-state index in [0.29, 0.717) is 12.3 Å². The summed E-state index contributed by atoms with van der Waals surface area (Å²) in [5, 5.41) is 17.8. The van der Waals surface area contributed by atoms with Crippen molar-refractivity contribution in [2.75, 3.05) is 0 Å². The van der Waals surface area contributed by atoms with Gasteiger partial charge >= 0.3 is 11.9 Å². The van der Waals surface area contributed by atoms with Crippen LogP contribution in [0, 0.1) is 17.8 Å². The van der Waals surface area contributed by atoms with Crippen LogP contribution in [0.1, 0.15) is 25.7 Å². The summed E-state index contributed by atoms with van der Waals surface area (Å²) in [5.74, 6) is -6.25. The van der Waals surface area contributed by atoms with Gasteiger partial charge in [0.05, 0.1) is 0 Å². The first kappa shape index (κ1) is 10.8. The van der Waals surface area contributed by atoms with E-state index in [4.69, 9.17) is 5.11 Å². The molecular formula is C10H14F2O3. The van der Waals surface area contributed by atoms with Gasteiger partial charge in [-0.2, -0.15) is 8.78 Å². The summed E-state index contributed by atoms with van der Waals surface area (Å²) >= 11 is 0. The number of hydrogen-bond acceptors (Lipinski definition) is 2. The van der Waals surface area contributed by atoms with Crippen molar-refractivity contribution in [1.29, 1.82) is 0 Å². The van der Waals surface area contributed by atoms with Gasteiger partial charge in [0, 0.05) is 0 Å². The quantitative estimate of drug-likeness (QED) is 0.757. The Morgan fingerprint density at radius 1 is 1.33 bits per heavy atom. The molecule has 2 N–H and O–H groups in total. The molecule has 86 valence electrons. The molecule has 0 aromatic carbocycles. The number of rotatable bonds is 3. The second kappa shape index (κ2) is 3.40. The van der Waals surface area contributed by atoms with Crippen LogP contribution in [-0.4, -0.2) is 28.2 Å². The normalized spacial score (nSPS) is 36.9. The van der Waals surface area contributed by atoms with E-state index in [1.165, 1.54) is 0 Å². The van der Waals surface area contributed by atoms with E-state index >= 15 is 0 Å². The van der Waals surface area contributed by atoms with Gasteiger partial charge in [-0.15, -0.1) is 0 Å². The standard InChI is InChI=1S/C10H14F2O3/c11-10(12,9(14)15)8(13)7-4-5-1-2-6(7)3-5/h5-8,13H,1-4H2,(H,14,15). The van der Waals surface area contributed by atoms with Gasteiger partial charge in [0.2, 0.25) is 0 Å². The van der Waals surface area contributed by atoms with Gasteiger partial charge in [-0.25, -0.2) is 4.79 Å². The van der Waals surface area contributed by atoms with Crippen LogP contribution in [0.3, 0.4) is 0 Å². The number of aliphatic hydroxyl groups is 1. The number of carbonyl (C=O) groups is 1. The van der Waals surface area contributed by atoms with Gasteiger partial charge in [0.25, 0.3) is 0 Å². The predicted octanol–water partition coefficient (Wildman–Crippen LogP) is 1.50. The molecule has 2 fully saturated rings. The van der Waals surface area contributed by atoms with Crippen LogP contribution in [0.25, 0.3) is 0 Å². The third-order valence-corrected chi connectivity index (χ3v) is 3.85. The molecule has 2 bridgehead atoms. The molecule has 2 saturated carbocycles. The van der Waals surface area contributed by atoms with Gasteiger partial charge < -0.3 is 10.2 Å². The molecule has 4 unspecified atom stereocenters. The molecule has 4 atom stereocenters. The van der Waals surface area contributed by atoms with Crippen molar-refractivity contribution in [3.8, 4) is 0 Å². The second-order valence-corrected chi connectivity index (χ2v) is 4.71. The topological polar surface area (TPSA) is 57.5 Å². The molecule has 0 spiro atoms. The fraction of sp³-hybridized carbons (Fsp3) is 0.900. The highest BCUT2D eigenvalue weighted by molar-refractivity contribution is 5.76. The number of aliphatic hydroxyl groups excluding tert-OH is 1. The Morgan fingerprint density at radius 3 is 2.40 bits per heavy atom. The first-order valence-corrected chi connectivity index (χ1v) is 5.22. The lowest BCUT2D eigenvalue weighted by molar-refractivity contribution is -0.190. The Kier molecular flexibility index (Phi) is 2.45. The first-order chi connectivity index (χ1) is 6.93. The summed E-state index contributed by atoms with van der Waals surface area (Å²) in [4.78, 5) is 10.3. The lowest BCUT2D eigenvalue weighted by atomic mass is 9.82. The third-order valence-electron chi connectivity index (χ3n) is 3.85. The van der Waals surface area contributed by atoms with Crippen LogP contribution >= 0.6 is 0 Å². The second-order valence-electron chi connectivity index (χ2n) is 4.71. The minimum atomic E-state index is -4.00. The van der Waals surface area contributed by atoms with Crippen LogP contribution < -0.4 is 0 Å². The molecule has 0 heterocycles. The highest BCUT2D eigenvalue weighted by Gasteiger charge is 2.55. The molecule has 0 aromatic heterocycles. The van der Waals surface area contributed by atoms with E-state index in [1.807, 2.05) is 0 Å². The molecule has 0 radical (unpaired) electrons. The zero-order chi connectivity index (χ0) is 11.2. The highest BCUT2D eigenvalue weighted by Crippen LogP contribution is 2.51. The molecular weight excluding hydrogens is 206 g/mol. The van der Waals surface area contributed by atoms with Crippen molar-refractivity contribution in [2.45, 2.75) is 37.7 Å². The molecule has 0 saturated heterocycles. The average Bonchev–Trinajstić information content (AvgIpc) is 2.76. The van der Waals surface area contributed by atoms with Crippen molar-refractivity contribution in [3.63, 3.8) is 0 Å². The van der Waals surface area contributed by atoms with Gasteiger partial charge in [-0.3, -0.25) is 0 Å².